The van der Waals surface area contributed by atoms with Gasteiger partial charge in [0, 0.05) is 38.4 Å². The molecule has 0 saturated carbocycles. The maximum Gasteiger partial charge on any atom is 0.137 e. The van der Waals surface area contributed by atoms with Crippen molar-refractivity contribution in [1.29, 1.82) is 0 Å². The van der Waals surface area contributed by atoms with Gasteiger partial charge in [0.05, 0.1) is 11.9 Å². The number of nitrogens with one attached hydrogen (secondary N) is 1. The van der Waals surface area contributed by atoms with Crippen molar-refractivity contribution in [1.82, 2.24) is 19.6 Å². The molecule has 4 heteroatoms. The van der Waals surface area contributed by atoms with E-state index in [1.807, 2.05) is 6.20 Å². The molecule has 0 radical (unpaired) electrons. The number of hydrogen-bond donors (Lipinski definition) is 1. The molecule has 0 aliphatic carbocycles. The fourth-order valence-electron chi connectivity index (χ4n) is 2.64. The standard InChI is InChI=1S/C14H20N4/c1-11-3-5-18-13(8-16-14(18)7-11)10-17-6-4-15-12(2)9-17/h3,5,7-8,12,15H,4,6,9-10H2,1-2H3/t12-/m0/s1. The van der Waals surface area contributed by atoms with E-state index in [0.717, 1.165) is 31.8 Å². The van der Waals surface area contributed by atoms with Gasteiger partial charge in [-0.15, -0.1) is 0 Å². The predicted octanol–water partition coefficient (Wildman–Crippen LogP) is 1.44. The molecule has 0 amide bonds. The van der Waals surface area contributed by atoms with Crippen LogP contribution >= 0.6 is 0 Å². The van der Waals surface area contributed by atoms with Crippen molar-refractivity contribution in [3.8, 4) is 0 Å². The number of piperazine rings is 1. The quantitative estimate of drug-likeness (QED) is 0.867. The molecule has 0 aromatic carbocycles. The van der Waals surface area contributed by atoms with Gasteiger partial charge >= 0.3 is 0 Å². The van der Waals surface area contributed by atoms with Crippen LogP contribution in [0.15, 0.2) is 24.5 Å². The van der Waals surface area contributed by atoms with Crippen LogP contribution in [-0.4, -0.2) is 40.0 Å². The van der Waals surface area contributed by atoms with Crippen LogP contribution in [0.3, 0.4) is 0 Å². The number of pyridine rings is 1. The minimum atomic E-state index is 0.584. The van der Waals surface area contributed by atoms with E-state index in [0.29, 0.717) is 6.04 Å². The van der Waals surface area contributed by atoms with E-state index < -0.39 is 0 Å². The van der Waals surface area contributed by atoms with Gasteiger partial charge in [-0.1, -0.05) is 0 Å². The molecule has 1 saturated heterocycles. The largest absolute Gasteiger partial charge is 0.312 e. The average Bonchev–Trinajstić information content (AvgIpc) is 2.72. The van der Waals surface area contributed by atoms with Crippen LogP contribution in [-0.2, 0) is 6.54 Å². The SMILES string of the molecule is Cc1ccn2c(CN3CCN[C@@H](C)C3)cnc2c1. The highest BCUT2D eigenvalue weighted by atomic mass is 15.2. The van der Waals surface area contributed by atoms with E-state index in [2.05, 4.69) is 51.8 Å². The molecule has 2 aromatic rings. The van der Waals surface area contributed by atoms with Crippen LogP contribution < -0.4 is 5.32 Å². The monoisotopic (exact) mass is 244 g/mol. The van der Waals surface area contributed by atoms with E-state index in [4.69, 9.17) is 0 Å². The summed E-state index contributed by atoms with van der Waals surface area (Å²) >= 11 is 0. The second kappa shape index (κ2) is 4.71. The number of aromatic nitrogens is 2. The second-order valence-corrected chi connectivity index (χ2v) is 5.27. The van der Waals surface area contributed by atoms with Crippen molar-refractivity contribution >= 4 is 5.65 Å². The fourth-order valence-corrected chi connectivity index (χ4v) is 2.64. The third-order valence-corrected chi connectivity index (χ3v) is 3.58. The fraction of sp³-hybridized carbons (Fsp3) is 0.500. The molecule has 0 spiro atoms. The van der Waals surface area contributed by atoms with Crippen molar-refractivity contribution in [3.63, 3.8) is 0 Å². The summed E-state index contributed by atoms with van der Waals surface area (Å²) in [6, 6.07) is 4.85. The number of fused-ring (bicyclic) bond motifs is 1. The summed E-state index contributed by atoms with van der Waals surface area (Å²) in [5.41, 5.74) is 3.59. The molecule has 2 aromatic heterocycles. The Kier molecular flexibility index (Phi) is 3.06. The highest BCUT2D eigenvalue weighted by Crippen LogP contribution is 2.12. The molecule has 0 bridgehead atoms. The maximum atomic E-state index is 4.48. The van der Waals surface area contributed by atoms with Crippen LogP contribution in [0.4, 0.5) is 0 Å². The molecule has 1 fully saturated rings. The molecular formula is C14H20N4. The lowest BCUT2D eigenvalue weighted by atomic mass is 10.2. The molecule has 3 rings (SSSR count). The summed E-state index contributed by atoms with van der Waals surface area (Å²) < 4.78 is 2.19. The predicted molar refractivity (Wildman–Crippen MR) is 72.7 cm³/mol. The Morgan fingerprint density at radius 2 is 2.39 bits per heavy atom. The van der Waals surface area contributed by atoms with Crippen molar-refractivity contribution in [2.45, 2.75) is 26.4 Å². The van der Waals surface area contributed by atoms with Crippen molar-refractivity contribution < 1.29 is 0 Å². The highest BCUT2D eigenvalue weighted by molar-refractivity contribution is 5.42. The van der Waals surface area contributed by atoms with Crippen LogP contribution in [0, 0.1) is 6.92 Å². The number of rotatable bonds is 2. The molecule has 0 unspecified atom stereocenters. The zero-order valence-corrected chi connectivity index (χ0v) is 11.1. The first-order valence-corrected chi connectivity index (χ1v) is 6.61. The van der Waals surface area contributed by atoms with E-state index in [1.165, 1.54) is 11.3 Å². The Hall–Kier alpha value is -1.39. The first kappa shape index (κ1) is 11.7. The van der Waals surface area contributed by atoms with Crippen LogP contribution in [0.2, 0.25) is 0 Å². The zero-order valence-electron chi connectivity index (χ0n) is 11.1. The number of imidazole rings is 1. The second-order valence-electron chi connectivity index (χ2n) is 5.27. The highest BCUT2D eigenvalue weighted by Gasteiger charge is 2.16. The molecule has 96 valence electrons. The van der Waals surface area contributed by atoms with Gasteiger partial charge in [-0.05, 0) is 31.5 Å². The van der Waals surface area contributed by atoms with Crippen molar-refractivity contribution in [2.24, 2.45) is 0 Å². The lowest BCUT2D eigenvalue weighted by Crippen LogP contribution is -2.48. The van der Waals surface area contributed by atoms with E-state index in [-0.39, 0.29) is 0 Å². The molecule has 1 N–H and O–H groups in total. The Balaban J connectivity index is 1.82. The Bertz CT molecular complexity index is 546. The molecule has 4 nitrogen and oxygen atoms in total. The maximum absolute atomic E-state index is 4.48. The van der Waals surface area contributed by atoms with Crippen molar-refractivity contribution in [3.05, 3.63) is 35.8 Å². The lowest BCUT2D eigenvalue weighted by molar-refractivity contribution is 0.197. The Morgan fingerprint density at radius 3 is 3.22 bits per heavy atom. The molecule has 3 heterocycles. The summed E-state index contributed by atoms with van der Waals surface area (Å²) in [5.74, 6) is 0. The van der Waals surface area contributed by atoms with E-state index in [1.54, 1.807) is 0 Å². The summed E-state index contributed by atoms with van der Waals surface area (Å²) in [5, 5.41) is 3.47. The normalized spacial score (nSPS) is 21.6. The van der Waals surface area contributed by atoms with Gasteiger partial charge in [0.2, 0.25) is 0 Å². The first-order chi connectivity index (χ1) is 8.72. The van der Waals surface area contributed by atoms with Gasteiger partial charge < -0.3 is 9.72 Å². The smallest absolute Gasteiger partial charge is 0.137 e. The van der Waals surface area contributed by atoms with Crippen LogP contribution in [0.1, 0.15) is 18.2 Å². The topological polar surface area (TPSA) is 32.6 Å². The molecule has 1 aliphatic heterocycles. The molecule has 1 atom stereocenters. The average molecular weight is 244 g/mol. The van der Waals surface area contributed by atoms with Gasteiger partial charge in [-0.2, -0.15) is 0 Å². The third kappa shape index (κ3) is 2.26. The van der Waals surface area contributed by atoms with Gasteiger partial charge in [0.25, 0.3) is 0 Å². The van der Waals surface area contributed by atoms with E-state index in [9.17, 15) is 0 Å². The number of hydrogen-bond acceptors (Lipinski definition) is 3. The Morgan fingerprint density at radius 1 is 1.50 bits per heavy atom. The summed E-state index contributed by atoms with van der Waals surface area (Å²) in [4.78, 5) is 6.98. The van der Waals surface area contributed by atoms with Gasteiger partial charge in [-0.25, -0.2) is 4.98 Å². The molecule has 18 heavy (non-hydrogen) atoms. The minimum absolute atomic E-state index is 0.584. The summed E-state index contributed by atoms with van der Waals surface area (Å²) in [7, 11) is 0. The van der Waals surface area contributed by atoms with Crippen LogP contribution in [0.5, 0.6) is 0 Å². The molecular weight excluding hydrogens is 224 g/mol. The number of nitrogens with zero attached hydrogens (tertiary/aromatic N) is 3. The van der Waals surface area contributed by atoms with Gasteiger partial charge in [0.1, 0.15) is 5.65 Å². The first-order valence-electron chi connectivity index (χ1n) is 6.61. The minimum Gasteiger partial charge on any atom is -0.312 e. The van der Waals surface area contributed by atoms with E-state index >= 15 is 0 Å². The summed E-state index contributed by atoms with van der Waals surface area (Å²) in [6.07, 6.45) is 4.13. The summed E-state index contributed by atoms with van der Waals surface area (Å²) in [6.45, 7) is 8.63. The Labute approximate surface area is 108 Å². The van der Waals surface area contributed by atoms with Gasteiger partial charge in [-0.3, -0.25) is 4.90 Å². The van der Waals surface area contributed by atoms with Crippen molar-refractivity contribution in [2.75, 3.05) is 19.6 Å². The van der Waals surface area contributed by atoms with Crippen LogP contribution in [0.25, 0.3) is 5.65 Å². The lowest BCUT2D eigenvalue weighted by Gasteiger charge is -2.31. The third-order valence-electron chi connectivity index (χ3n) is 3.58. The zero-order chi connectivity index (χ0) is 12.5. The van der Waals surface area contributed by atoms with Gasteiger partial charge in [0.15, 0.2) is 0 Å². The number of aryl methyl sites for hydroxylation is 1. The molecule has 1 aliphatic rings.